The molecule has 2 heterocycles. The molecule has 1 amide bonds. The first kappa shape index (κ1) is 24.8. The SMILES string of the molecule is C=C/C=C\C(=NC)c1ncc(-c2cc(C)cnc2F)cc1C(=O)NCc1ccc(OC)c(Cl)c1. The largest absolute Gasteiger partial charge is 0.495 e. The molecule has 6 nitrogen and oxygen atoms in total. The molecule has 2 aromatic heterocycles. The average Bonchev–Trinajstić information content (AvgIpc) is 2.84. The second-order valence-corrected chi connectivity index (χ2v) is 7.73. The molecular formula is C26H24ClFN4O2. The number of benzene rings is 1. The van der Waals surface area contributed by atoms with Crippen molar-refractivity contribution in [1.82, 2.24) is 15.3 Å². The molecule has 0 radical (unpaired) electrons. The zero-order chi connectivity index (χ0) is 24.7. The first-order valence-electron chi connectivity index (χ1n) is 10.4. The van der Waals surface area contributed by atoms with Gasteiger partial charge in [-0.15, -0.1) is 0 Å². The number of methoxy groups -OCH3 is 1. The van der Waals surface area contributed by atoms with E-state index in [4.69, 9.17) is 16.3 Å². The van der Waals surface area contributed by atoms with Gasteiger partial charge in [-0.2, -0.15) is 4.39 Å². The third-order valence-corrected chi connectivity index (χ3v) is 5.26. The molecule has 0 aliphatic carbocycles. The standard InChI is InChI=1S/C26H24ClFN4O2/c1-5-6-7-22(29-3)24-20(12-18(15-30-24)19-10-16(2)13-31-25(19)28)26(33)32-14-17-8-9-23(34-4)21(27)11-17/h5-13,15H,1,14H2,2-4H3,(H,32,33)/b7-6-,29-22?. The van der Waals surface area contributed by atoms with Gasteiger partial charge in [-0.25, -0.2) is 4.98 Å². The molecule has 0 saturated heterocycles. The fraction of sp³-hybridized carbons (Fsp3) is 0.154. The minimum absolute atomic E-state index is 0.216. The second kappa shape index (κ2) is 11.3. The molecule has 34 heavy (non-hydrogen) atoms. The van der Waals surface area contributed by atoms with Gasteiger partial charge in [0.15, 0.2) is 0 Å². The van der Waals surface area contributed by atoms with E-state index >= 15 is 0 Å². The highest BCUT2D eigenvalue weighted by molar-refractivity contribution is 6.32. The summed E-state index contributed by atoms with van der Waals surface area (Å²) in [5.41, 5.74) is 3.34. The predicted octanol–water partition coefficient (Wildman–Crippen LogP) is 5.34. The van der Waals surface area contributed by atoms with Crippen LogP contribution in [0.4, 0.5) is 4.39 Å². The maximum atomic E-state index is 14.4. The minimum atomic E-state index is -0.643. The predicted molar refractivity (Wildman–Crippen MR) is 133 cm³/mol. The minimum Gasteiger partial charge on any atom is -0.495 e. The average molecular weight is 479 g/mol. The van der Waals surface area contributed by atoms with E-state index in [1.165, 1.54) is 19.5 Å². The molecular weight excluding hydrogens is 455 g/mol. The van der Waals surface area contributed by atoms with Crippen LogP contribution in [0, 0.1) is 12.9 Å². The number of aryl methyl sites for hydroxylation is 1. The van der Waals surface area contributed by atoms with Crippen LogP contribution < -0.4 is 10.1 Å². The molecule has 0 aliphatic rings. The summed E-state index contributed by atoms with van der Waals surface area (Å²) in [5.74, 6) is -0.497. The molecule has 1 N–H and O–H groups in total. The summed E-state index contributed by atoms with van der Waals surface area (Å²) in [4.78, 5) is 25.7. The van der Waals surface area contributed by atoms with Crippen LogP contribution in [-0.4, -0.2) is 35.7 Å². The van der Waals surface area contributed by atoms with Crippen molar-refractivity contribution in [3.05, 3.63) is 101 Å². The monoisotopic (exact) mass is 478 g/mol. The first-order chi connectivity index (χ1) is 16.4. The maximum absolute atomic E-state index is 14.4. The lowest BCUT2D eigenvalue weighted by Gasteiger charge is -2.13. The van der Waals surface area contributed by atoms with E-state index in [0.29, 0.717) is 27.7 Å². The Morgan fingerprint density at radius 3 is 2.74 bits per heavy atom. The highest BCUT2D eigenvalue weighted by Crippen LogP contribution is 2.26. The molecule has 0 spiro atoms. The van der Waals surface area contributed by atoms with Gasteiger partial charge in [-0.3, -0.25) is 14.8 Å². The third kappa shape index (κ3) is 5.74. The number of amides is 1. The summed E-state index contributed by atoms with van der Waals surface area (Å²) < 4.78 is 19.6. The van der Waals surface area contributed by atoms with E-state index in [9.17, 15) is 9.18 Å². The van der Waals surface area contributed by atoms with Crippen molar-refractivity contribution < 1.29 is 13.9 Å². The number of aromatic nitrogens is 2. The molecule has 0 saturated carbocycles. The quantitative estimate of drug-likeness (QED) is 0.269. The third-order valence-electron chi connectivity index (χ3n) is 4.96. The van der Waals surface area contributed by atoms with Gasteiger partial charge < -0.3 is 10.1 Å². The van der Waals surface area contributed by atoms with Crippen LogP contribution >= 0.6 is 11.6 Å². The molecule has 174 valence electrons. The number of halogens is 2. The second-order valence-electron chi connectivity index (χ2n) is 7.33. The number of carbonyl (C=O) groups is 1. The van der Waals surface area contributed by atoms with Crippen LogP contribution in [0.1, 0.15) is 27.2 Å². The number of ether oxygens (including phenoxy) is 1. The lowest BCUT2D eigenvalue weighted by atomic mass is 10.0. The smallest absolute Gasteiger partial charge is 0.253 e. The number of aliphatic imine (C=N–C) groups is 1. The fourth-order valence-electron chi connectivity index (χ4n) is 3.26. The summed E-state index contributed by atoms with van der Waals surface area (Å²) in [6, 6.07) is 8.50. The van der Waals surface area contributed by atoms with E-state index in [1.807, 2.05) is 6.92 Å². The van der Waals surface area contributed by atoms with E-state index in [-0.39, 0.29) is 17.7 Å². The van der Waals surface area contributed by atoms with Gasteiger partial charge in [0, 0.05) is 37.1 Å². The molecule has 3 rings (SSSR count). The molecule has 3 aromatic rings. The number of hydrogen-bond acceptors (Lipinski definition) is 5. The Bertz CT molecular complexity index is 1290. The molecule has 0 bridgehead atoms. The van der Waals surface area contributed by atoms with Crippen molar-refractivity contribution in [2.45, 2.75) is 13.5 Å². The van der Waals surface area contributed by atoms with Crippen LogP contribution in [-0.2, 0) is 6.54 Å². The Balaban J connectivity index is 2.01. The van der Waals surface area contributed by atoms with Crippen molar-refractivity contribution in [3.8, 4) is 16.9 Å². The van der Waals surface area contributed by atoms with Gasteiger partial charge in [0.2, 0.25) is 5.95 Å². The Kier molecular flexibility index (Phi) is 8.27. The number of pyridine rings is 2. The summed E-state index contributed by atoms with van der Waals surface area (Å²) in [6.07, 6.45) is 7.94. The summed E-state index contributed by atoms with van der Waals surface area (Å²) >= 11 is 6.19. The van der Waals surface area contributed by atoms with E-state index in [2.05, 4.69) is 26.9 Å². The van der Waals surface area contributed by atoms with Crippen LogP contribution in [0.15, 0.2) is 72.5 Å². The van der Waals surface area contributed by atoms with Crippen LogP contribution in [0.3, 0.4) is 0 Å². The Hall–Kier alpha value is -3.84. The van der Waals surface area contributed by atoms with Crippen molar-refractivity contribution in [2.24, 2.45) is 4.99 Å². The van der Waals surface area contributed by atoms with Crippen molar-refractivity contribution >= 4 is 23.2 Å². The van der Waals surface area contributed by atoms with Crippen LogP contribution in [0.25, 0.3) is 11.1 Å². The lowest BCUT2D eigenvalue weighted by Crippen LogP contribution is -2.25. The molecule has 0 fully saturated rings. The Morgan fingerprint density at radius 2 is 2.06 bits per heavy atom. The van der Waals surface area contributed by atoms with Crippen molar-refractivity contribution in [3.63, 3.8) is 0 Å². The highest BCUT2D eigenvalue weighted by atomic mass is 35.5. The number of carbonyl (C=O) groups excluding carboxylic acids is 1. The Morgan fingerprint density at radius 1 is 1.26 bits per heavy atom. The number of nitrogens with one attached hydrogen (secondary N) is 1. The van der Waals surface area contributed by atoms with Gasteiger partial charge in [0.05, 0.1) is 23.4 Å². The normalized spacial score (nSPS) is 11.5. The molecule has 0 aliphatic heterocycles. The van der Waals surface area contributed by atoms with Crippen LogP contribution in [0.2, 0.25) is 5.02 Å². The van der Waals surface area contributed by atoms with Gasteiger partial charge in [0.1, 0.15) is 11.4 Å². The lowest BCUT2D eigenvalue weighted by molar-refractivity contribution is 0.0950. The van der Waals surface area contributed by atoms with E-state index < -0.39 is 11.9 Å². The van der Waals surface area contributed by atoms with Crippen molar-refractivity contribution in [2.75, 3.05) is 14.2 Å². The summed E-state index contributed by atoms with van der Waals surface area (Å²) in [7, 11) is 3.13. The number of nitrogens with zero attached hydrogens (tertiary/aromatic N) is 3. The van der Waals surface area contributed by atoms with Crippen LogP contribution in [0.5, 0.6) is 5.75 Å². The number of rotatable bonds is 8. The van der Waals surface area contributed by atoms with Gasteiger partial charge in [0.25, 0.3) is 5.91 Å². The zero-order valence-corrected chi connectivity index (χ0v) is 19.9. The van der Waals surface area contributed by atoms with E-state index in [1.54, 1.807) is 55.6 Å². The summed E-state index contributed by atoms with van der Waals surface area (Å²) in [6.45, 7) is 5.69. The molecule has 0 atom stereocenters. The Labute approximate surface area is 202 Å². The summed E-state index contributed by atoms with van der Waals surface area (Å²) in [5, 5.41) is 3.31. The topological polar surface area (TPSA) is 76.5 Å². The van der Waals surface area contributed by atoms with Crippen molar-refractivity contribution in [1.29, 1.82) is 0 Å². The molecule has 8 heteroatoms. The number of hydrogen-bond donors (Lipinski definition) is 1. The molecule has 0 unspecified atom stereocenters. The van der Waals surface area contributed by atoms with Gasteiger partial charge in [-0.1, -0.05) is 36.4 Å². The van der Waals surface area contributed by atoms with Gasteiger partial charge in [-0.05, 0) is 48.4 Å². The molecule has 1 aromatic carbocycles. The maximum Gasteiger partial charge on any atom is 0.253 e. The number of allylic oxidation sites excluding steroid dienone is 3. The fourth-order valence-corrected chi connectivity index (χ4v) is 3.54. The first-order valence-corrected chi connectivity index (χ1v) is 10.7. The van der Waals surface area contributed by atoms with Gasteiger partial charge >= 0.3 is 0 Å². The zero-order valence-electron chi connectivity index (χ0n) is 19.1. The van der Waals surface area contributed by atoms with E-state index in [0.717, 1.165) is 11.1 Å². The highest BCUT2D eigenvalue weighted by Gasteiger charge is 2.19.